The van der Waals surface area contributed by atoms with Crippen LogP contribution in [0.15, 0.2) is 11.1 Å². The predicted octanol–water partition coefficient (Wildman–Crippen LogP) is 1.65. The number of hydrogen-bond donors (Lipinski definition) is 2. The molecule has 1 heterocycles. The lowest BCUT2D eigenvalue weighted by molar-refractivity contribution is 0.000642. The summed E-state index contributed by atoms with van der Waals surface area (Å²) in [6, 6.07) is 0. The van der Waals surface area contributed by atoms with Gasteiger partial charge in [-0.25, -0.2) is 4.98 Å². The van der Waals surface area contributed by atoms with E-state index in [1.54, 1.807) is 0 Å². The van der Waals surface area contributed by atoms with Crippen molar-refractivity contribution in [2.75, 3.05) is 18.5 Å². The van der Waals surface area contributed by atoms with Crippen LogP contribution in [0.1, 0.15) is 20.8 Å². The molecule has 0 saturated carbocycles. The van der Waals surface area contributed by atoms with Gasteiger partial charge in [-0.1, -0.05) is 11.6 Å². The van der Waals surface area contributed by atoms with E-state index in [9.17, 15) is 4.79 Å². The first-order chi connectivity index (χ1) is 7.46. The fraction of sp³-hybridized carbons (Fsp3) is 0.600. The maximum absolute atomic E-state index is 11.2. The van der Waals surface area contributed by atoms with Gasteiger partial charge in [0.2, 0.25) is 0 Å². The SMILES string of the molecule is CCOC(C)(C)CNc1nc[nH]c(=O)c1Cl. The average molecular weight is 246 g/mol. The highest BCUT2D eigenvalue weighted by Crippen LogP contribution is 2.15. The number of halogens is 1. The highest BCUT2D eigenvalue weighted by Gasteiger charge is 2.18. The van der Waals surface area contributed by atoms with E-state index in [1.165, 1.54) is 6.33 Å². The Morgan fingerprint density at radius 2 is 2.31 bits per heavy atom. The number of aromatic nitrogens is 2. The molecule has 2 N–H and O–H groups in total. The summed E-state index contributed by atoms with van der Waals surface area (Å²) >= 11 is 5.79. The molecule has 1 rings (SSSR count). The van der Waals surface area contributed by atoms with E-state index in [0.717, 1.165) is 0 Å². The van der Waals surface area contributed by atoms with Crippen LogP contribution in [0.5, 0.6) is 0 Å². The molecule has 0 aliphatic heterocycles. The van der Waals surface area contributed by atoms with Crippen LogP contribution < -0.4 is 10.9 Å². The van der Waals surface area contributed by atoms with Gasteiger partial charge in [0, 0.05) is 13.2 Å². The minimum Gasteiger partial charge on any atom is -0.374 e. The molecule has 0 bridgehead atoms. The number of anilines is 1. The quantitative estimate of drug-likeness (QED) is 0.828. The Morgan fingerprint density at radius 3 is 2.94 bits per heavy atom. The van der Waals surface area contributed by atoms with E-state index in [0.29, 0.717) is 19.0 Å². The van der Waals surface area contributed by atoms with Gasteiger partial charge in [-0.05, 0) is 20.8 Å². The largest absolute Gasteiger partial charge is 0.374 e. The molecule has 1 aromatic rings. The number of rotatable bonds is 5. The van der Waals surface area contributed by atoms with Crippen LogP contribution in [0.25, 0.3) is 0 Å². The Morgan fingerprint density at radius 1 is 1.62 bits per heavy atom. The molecule has 0 fully saturated rings. The van der Waals surface area contributed by atoms with Gasteiger partial charge in [0.05, 0.1) is 11.9 Å². The van der Waals surface area contributed by atoms with E-state index in [2.05, 4.69) is 15.3 Å². The number of H-pyrrole nitrogens is 1. The lowest BCUT2D eigenvalue weighted by Crippen LogP contribution is -2.34. The van der Waals surface area contributed by atoms with Crippen LogP contribution >= 0.6 is 11.6 Å². The van der Waals surface area contributed by atoms with Crippen LogP contribution in [0.4, 0.5) is 5.82 Å². The summed E-state index contributed by atoms with van der Waals surface area (Å²) in [7, 11) is 0. The van der Waals surface area contributed by atoms with Crippen LogP contribution in [0.2, 0.25) is 5.02 Å². The van der Waals surface area contributed by atoms with Crippen LogP contribution in [0, 0.1) is 0 Å². The third-order valence-electron chi connectivity index (χ3n) is 2.01. The summed E-state index contributed by atoms with van der Waals surface area (Å²) in [6.45, 7) is 6.98. The summed E-state index contributed by atoms with van der Waals surface area (Å²) in [5.74, 6) is 0.373. The number of hydrogen-bond acceptors (Lipinski definition) is 4. The molecule has 0 saturated heterocycles. The average Bonchev–Trinajstić information content (AvgIpc) is 2.20. The second-order valence-corrected chi connectivity index (χ2v) is 4.32. The zero-order chi connectivity index (χ0) is 12.2. The van der Waals surface area contributed by atoms with Crippen molar-refractivity contribution in [3.63, 3.8) is 0 Å². The minimum absolute atomic E-state index is 0.0646. The van der Waals surface area contributed by atoms with Crippen molar-refractivity contribution in [3.05, 3.63) is 21.7 Å². The molecule has 0 spiro atoms. The number of ether oxygens (including phenoxy) is 1. The van der Waals surface area contributed by atoms with Crippen molar-refractivity contribution in [3.8, 4) is 0 Å². The Kier molecular flexibility index (Phi) is 4.32. The van der Waals surface area contributed by atoms with Gasteiger partial charge in [-0.2, -0.15) is 0 Å². The molecule has 0 amide bonds. The fourth-order valence-electron chi connectivity index (χ4n) is 1.24. The van der Waals surface area contributed by atoms with Gasteiger partial charge in [0.1, 0.15) is 5.02 Å². The smallest absolute Gasteiger partial charge is 0.271 e. The van der Waals surface area contributed by atoms with E-state index in [1.807, 2.05) is 20.8 Å². The first kappa shape index (κ1) is 13.0. The van der Waals surface area contributed by atoms with E-state index < -0.39 is 0 Å². The number of nitrogens with zero attached hydrogens (tertiary/aromatic N) is 1. The molecule has 0 atom stereocenters. The van der Waals surface area contributed by atoms with E-state index in [-0.39, 0.29) is 16.2 Å². The first-order valence-corrected chi connectivity index (χ1v) is 5.45. The third kappa shape index (κ3) is 3.50. The molecule has 90 valence electrons. The third-order valence-corrected chi connectivity index (χ3v) is 2.36. The molecular formula is C10H16ClN3O2. The summed E-state index contributed by atoms with van der Waals surface area (Å²) in [5, 5.41) is 3.06. The number of nitrogens with one attached hydrogen (secondary N) is 2. The van der Waals surface area contributed by atoms with Gasteiger partial charge in [0.25, 0.3) is 5.56 Å². The van der Waals surface area contributed by atoms with Gasteiger partial charge in [0.15, 0.2) is 5.82 Å². The molecule has 16 heavy (non-hydrogen) atoms. The molecule has 6 heteroatoms. The van der Waals surface area contributed by atoms with E-state index in [4.69, 9.17) is 16.3 Å². The maximum atomic E-state index is 11.2. The molecule has 0 aliphatic carbocycles. The van der Waals surface area contributed by atoms with Crippen molar-refractivity contribution in [1.82, 2.24) is 9.97 Å². The standard InChI is InChI=1S/C10H16ClN3O2/c1-4-16-10(2,3)5-12-8-7(11)9(15)14-6-13-8/h6H,4-5H2,1-3H3,(H2,12,13,14,15). The summed E-state index contributed by atoms with van der Waals surface area (Å²) < 4.78 is 5.50. The van der Waals surface area contributed by atoms with Crippen molar-refractivity contribution >= 4 is 17.4 Å². The summed E-state index contributed by atoms with van der Waals surface area (Å²) in [6.07, 6.45) is 1.31. The molecule has 0 aliphatic rings. The zero-order valence-corrected chi connectivity index (χ0v) is 10.4. The van der Waals surface area contributed by atoms with Crippen LogP contribution in [-0.4, -0.2) is 28.7 Å². The highest BCUT2D eigenvalue weighted by atomic mass is 35.5. The molecule has 0 unspecified atom stereocenters. The molecule has 0 radical (unpaired) electrons. The van der Waals surface area contributed by atoms with Crippen molar-refractivity contribution in [2.45, 2.75) is 26.4 Å². The Balaban J connectivity index is 2.68. The van der Waals surface area contributed by atoms with E-state index >= 15 is 0 Å². The Hall–Kier alpha value is -1.07. The van der Waals surface area contributed by atoms with Crippen molar-refractivity contribution in [2.24, 2.45) is 0 Å². The van der Waals surface area contributed by atoms with Crippen LogP contribution in [0.3, 0.4) is 0 Å². The minimum atomic E-state index is -0.353. The first-order valence-electron chi connectivity index (χ1n) is 5.07. The Bertz CT molecular complexity index is 403. The van der Waals surface area contributed by atoms with Gasteiger partial charge >= 0.3 is 0 Å². The molecule has 5 nitrogen and oxygen atoms in total. The maximum Gasteiger partial charge on any atom is 0.271 e. The monoisotopic (exact) mass is 245 g/mol. The predicted molar refractivity (Wildman–Crippen MR) is 64.1 cm³/mol. The Labute approximate surface area is 99.2 Å². The molecular weight excluding hydrogens is 230 g/mol. The lowest BCUT2D eigenvalue weighted by atomic mass is 10.1. The molecule has 1 aromatic heterocycles. The topological polar surface area (TPSA) is 67.0 Å². The van der Waals surface area contributed by atoms with Crippen LogP contribution in [-0.2, 0) is 4.74 Å². The second-order valence-electron chi connectivity index (χ2n) is 3.94. The lowest BCUT2D eigenvalue weighted by Gasteiger charge is -2.25. The van der Waals surface area contributed by atoms with Crippen molar-refractivity contribution in [1.29, 1.82) is 0 Å². The van der Waals surface area contributed by atoms with Gasteiger partial charge in [-0.3, -0.25) is 4.79 Å². The van der Waals surface area contributed by atoms with Gasteiger partial charge in [-0.15, -0.1) is 0 Å². The fourth-order valence-corrected chi connectivity index (χ4v) is 1.41. The van der Waals surface area contributed by atoms with Crippen molar-refractivity contribution < 1.29 is 4.74 Å². The zero-order valence-electron chi connectivity index (χ0n) is 9.63. The number of aromatic amines is 1. The summed E-state index contributed by atoms with van der Waals surface area (Å²) in [4.78, 5) is 17.5. The highest BCUT2D eigenvalue weighted by molar-refractivity contribution is 6.32. The second kappa shape index (κ2) is 5.32. The molecule has 0 aromatic carbocycles. The summed E-state index contributed by atoms with van der Waals surface area (Å²) in [5.41, 5.74) is -0.684. The normalized spacial score (nSPS) is 11.5. The van der Waals surface area contributed by atoms with Gasteiger partial charge < -0.3 is 15.0 Å².